The summed E-state index contributed by atoms with van der Waals surface area (Å²) in [6.45, 7) is 2.03. The Hall–Kier alpha value is -1.33. The van der Waals surface area contributed by atoms with Crippen LogP contribution in [0.4, 0.5) is 0 Å². The highest BCUT2D eigenvalue weighted by Gasteiger charge is 2.14. The summed E-state index contributed by atoms with van der Waals surface area (Å²) in [7, 11) is 0. The third-order valence-corrected chi connectivity index (χ3v) is 2.37. The van der Waals surface area contributed by atoms with Crippen LogP contribution < -0.4 is 0 Å². The summed E-state index contributed by atoms with van der Waals surface area (Å²) in [6, 6.07) is 1.53. The van der Waals surface area contributed by atoms with E-state index in [0.29, 0.717) is 17.6 Å². The molecule has 0 amide bonds. The number of H-pyrrole nitrogens is 1. The number of fused-ring (bicyclic) bond motifs is 1. The molecule has 0 spiro atoms. The Morgan fingerprint density at radius 1 is 1.50 bits per heavy atom. The lowest BCUT2D eigenvalue weighted by Crippen LogP contribution is -2.04. The maximum atomic E-state index is 11.4. The summed E-state index contributed by atoms with van der Waals surface area (Å²) in [6.07, 6.45) is 0. The van der Waals surface area contributed by atoms with Crippen LogP contribution in [0, 0.1) is 0 Å². The summed E-state index contributed by atoms with van der Waals surface area (Å²) >= 11 is 11.5. The summed E-state index contributed by atoms with van der Waals surface area (Å²) < 4.78 is 4.83. The molecule has 0 atom stereocenters. The van der Waals surface area contributed by atoms with Crippen LogP contribution in [0.25, 0.3) is 11.0 Å². The van der Waals surface area contributed by atoms with Crippen molar-refractivity contribution in [1.82, 2.24) is 15.0 Å². The van der Waals surface area contributed by atoms with Crippen molar-refractivity contribution < 1.29 is 9.53 Å². The van der Waals surface area contributed by atoms with Gasteiger partial charge in [-0.25, -0.2) is 9.78 Å². The first kappa shape index (κ1) is 11.2. The molecular formula is C9H7Cl2N3O2. The van der Waals surface area contributed by atoms with Crippen LogP contribution in [0.2, 0.25) is 10.4 Å². The van der Waals surface area contributed by atoms with E-state index in [1.165, 1.54) is 6.07 Å². The normalized spacial score (nSPS) is 10.7. The second kappa shape index (κ2) is 4.27. The number of esters is 1. The summed E-state index contributed by atoms with van der Waals surface area (Å²) in [5, 5.41) is 0.755. The van der Waals surface area contributed by atoms with E-state index in [1.807, 2.05) is 0 Å². The van der Waals surface area contributed by atoms with Gasteiger partial charge in [0.15, 0.2) is 0 Å². The Labute approximate surface area is 101 Å². The van der Waals surface area contributed by atoms with Gasteiger partial charge in [0.05, 0.1) is 12.0 Å². The SMILES string of the molecule is CCOC(=O)c1cc2c(Cl)nc(Cl)nc2[nH]1. The minimum atomic E-state index is -0.465. The summed E-state index contributed by atoms with van der Waals surface area (Å²) in [5.41, 5.74) is 0.684. The summed E-state index contributed by atoms with van der Waals surface area (Å²) in [4.78, 5) is 21.9. The number of aromatic nitrogens is 3. The van der Waals surface area contributed by atoms with Crippen LogP contribution >= 0.6 is 23.2 Å². The van der Waals surface area contributed by atoms with Gasteiger partial charge >= 0.3 is 5.97 Å². The quantitative estimate of drug-likeness (QED) is 0.511. The van der Waals surface area contributed by atoms with Crippen molar-refractivity contribution in [1.29, 1.82) is 0 Å². The van der Waals surface area contributed by atoms with Crippen molar-refractivity contribution in [2.75, 3.05) is 6.61 Å². The highest BCUT2D eigenvalue weighted by atomic mass is 35.5. The fourth-order valence-electron chi connectivity index (χ4n) is 1.27. The summed E-state index contributed by atoms with van der Waals surface area (Å²) in [5.74, 6) is -0.465. The average Bonchev–Trinajstić information content (AvgIpc) is 2.62. The van der Waals surface area contributed by atoms with Gasteiger partial charge in [-0.2, -0.15) is 4.98 Å². The van der Waals surface area contributed by atoms with Crippen LogP contribution in [0.1, 0.15) is 17.4 Å². The number of hydrogen-bond acceptors (Lipinski definition) is 4. The van der Waals surface area contributed by atoms with E-state index in [1.54, 1.807) is 6.92 Å². The van der Waals surface area contributed by atoms with Crippen LogP contribution in [-0.4, -0.2) is 27.5 Å². The van der Waals surface area contributed by atoms with Gasteiger partial charge in [-0.3, -0.25) is 0 Å². The molecule has 0 unspecified atom stereocenters. The Balaban J connectivity index is 2.51. The molecule has 0 aliphatic rings. The number of ether oxygens (including phenoxy) is 1. The van der Waals surface area contributed by atoms with Crippen molar-refractivity contribution in [2.24, 2.45) is 0 Å². The zero-order valence-electron chi connectivity index (χ0n) is 8.25. The fourth-order valence-corrected chi connectivity index (χ4v) is 1.70. The molecule has 5 nitrogen and oxygen atoms in total. The van der Waals surface area contributed by atoms with E-state index in [0.717, 1.165) is 0 Å². The highest BCUT2D eigenvalue weighted by molar-refractivity contribution is 6.35. The first-order chi connectivity index (χ1) is 7.61. The zero-order chi connectivity index (χ0) is 11.7. The molecule has 84 valence electrons. The van der Waals surface area contributed by atoms with Crippen LogP contribution in [0.15, 0.2) is 6.07 Å². The van der Waals surface area contributed by atoms with Gasteiger partial charge in [-0.05, 0) is 24.6 Å². The predicted molar refractivity (Wildman–Crippen MR) is 59.9 cm³/mol. The molecule has 0 aliphatic carbocycles. The van der Waals surface area contributed by atoms with E-state index in [9.17, 15) is 4.79 Å². The molecule has 16 heavy (non-hydrogen) atoms. The number of halogens is 2. The third-order valence-electron chi connectivity index (χ3n) is 1.91. The van der Waals surface area contributed by atoms with Gasteiger partial charge < -0.3 is 9.72 Å². The second-order valence-electron chi connectivity index (χ2n) is 2.95. The number of carbonyl (C=O) groups is 1. The number of rotatable bonds is 2. The van der Waals surface area contributed by atoms with Crippen LogP contribution in [-0.2, 0) is 4.74 Å². The first-order valence-electron chi connectivity index (χ1n) is 4.50. The van der Waals surface area contributed by atoms with Gasteiger partial charge in [-0.1, -0.05) is 11.6 Å². The number of nitrogens with zero attached hydrogens (tertiary/aromatic N) is 2. The van der Waals surface area contributed by atoms with Gasteiger partial charge in [-0.15, -0.1) is 0 Å². The molecule has 2 heterocycles. The molecule has 2 rings (SSSR count). The molecule has 0 fully saturated rings. The first-order valence-corrected chi connectivity index (χ1v) is 5.26. The number of aromatic amines is 1. The average molecular weight is 260 g/mol. The lowest BCUT2D eigenvalue weighted by molar-refractivity contribution is 0.0520. The Kier molecular flexibility index (Phi) is 2.98. The van der Waals surface area contributed by atoms with Crippen molar-refractivity contribution >= 4 is 40.2 Å². The molecule has 7 heteroatoms. The molecular weight excluding hydrogens is 253 g/mol. The fraction of sp³-hybridized carbons (Fsp3) is 0.222. The molecule has 0 saturated heterocycles. The van der Waals surface area contributed by atoms with Gasteiger partial charge in [0.1, 0.15) is 16.5 Å². The lowest BCUT2D eigenvalue weighted by Gasteiger charge is -1.96. The Morgan fingerprint density at radius 3 is 2.94 bits per heavy atom. The zero-order valence-corrected chi connectivity index (χ0v) is 9.76. The van der Waals surface area contributed by atoms with E-state index in [-0.39, 0.29) is 16.1 Å². The van der Waals surface area contributed by atoms with Crippen LogP contribution in [0.5, 0.6) is 0 Å². The Morgan fingerprint density at radius 2 is 2.25 bits per heavy atom. The molecule has 2 aromatic rings. The minimum Gasteiger partial charge on any atom is -0.461 e. The molecule has 0 bridgehead atoms. The monoisotopic (exact) mass is 259 g/mol. The largest absolute Gasteiger partial charge is 0.461 e. The lowest BCUT2D eigenvalue weighted by atomic mass is 10.3. The highest BCUT2D eigenvalue weighted by Crippen LogP contribution is 2.23. The van der Waals surface area contributed by atoms with E-state index >= 15 is 0 Å². The molecule has 0 saturated carbocycles. The smallest absolute Gasteiger partial charge is 0.354 e. The molecule has 0 aliphatic heterocycles. The van der Waals surface area contributed by atoms with Crippen molar-refractivity contribution in [3.63, 3.8) is 0 Å². The van der Waals surface area contributed by atoms with E-state index < -0.39 is 5.97 Å². The minimum absolute atomic E-state index is 0.0229. The third kappa shape index (κ3) is 1.96. The molecule has 0 aromatic carbocycles. The number of nitrogens with one attached hydrogen (secondary N) is 1. The van der Waals surface area contributed by atoms with Gasteiger partial charge in [0.2, 0.25) is 5.28 Å². The Bertz CT molecular complexity index is 553. The predicted octanol–water partition coefficient (Wildman–Crippen LogP) is 2.44. The van der Waals surface area contributed by atoms with E-state index in [4.69, 9.17) is 27.9 Å². The van der Waals surface area contributed by atoms with Crippen molar-refractivity contribution in [3.8, 4) is 0 Å². The molecule has 0 radical (unpaired) electrons. The van der Waals surface area contributed by atoms with Gasteiger partial charge in [0, 0.05) is 0 Å². The topological polar surface area (TPSA) is 67.9 Å². The number of carbonyl (C=O) groups excluding carboxylic acids is 1. The maximum absolute atomic E-state index is 11.4. The standard InChI is InChI=1S/C9H7Cl2N3O2/c1-2-16-8(15)5-3-4-6(10)13-9(11)14-7(4)12-5/h3H,2H2,1H3,(H,12,13,14). The molecule has 2 aromatic heterocycles. The van der Waals surface area contributed by atoms with Crippen molar-refractivity contribution in [2.45, 2.75) is 6.92 Å². The maximum Gasteiger partial charge on any atom is 0.354 e. The van der Waals surface area contributed by atoms with Crippen LogP contribution in [0.3, 0.4) is 0 Å². The van der Waals surface area contributed by atoms with E-state index in [2.05, 4.69) is 15.0 Å². The van der Waals surface area contributed by atoms with Gasteiger partial charge in [0.25, 0.3) is 0 Å². The number of hydrogen-bond donors (Lipinski definition) is 1. The van der Waals surface area contributed by atoms with Crippen molar-refractivity contribution in [3.05, 3.63) is 22.2 Å². The second-order valence-corrected chi connectivity index (χ2v) is 3.65. The molecule has 1 N–H and O–H groups in total.